The lowest BCUT2D eigenvalue weighted by molar-refractivity contribution is -0.116. The summed E-state index contributed by atoms with van der Waals surface area (Å²) in [5.74, 6) is 0.568. The second-order valence-corrected chi connectivity index (χ2v) is 7.01. The monoisotopic (exact) mass is 418 g/mol. The highest BCUT2D eigenvalue weighted by atomic mass is 35.5. The first-order valence-electron chi connectivity index (χ1n) is 9.65. The maximum Gasteiger partial charge on any atom is 0.254 e. The zero-order valence-corrected chi connectivity index (χ0v) is 17.8. The number of amides is 2. The SMILES string of the molecule is CCCOc1ccc(C(=O)N(C)CC(=O)Nc2ccc(Cl)cc2)cc1OCCC. The van der Waals surface area contributed by atoms with Crippen LogP contribution in [0.4, 0.5) is 5.69 Å². The Labute approximate surface area is 176 Å². The number of hydrogen-bond acceptors (Lipinski definition) is 4. The van der Waals surface area contributed by atoms with E-state index in [4.69, 9.17) is 21.1 Å². The van der Waals surface area contributed by atoms with Gasteiger partial charge in [-0.1, -0.05) is 25.4 Å². The third-order valence-electron chi connectivity index (χ3n) is 3.97. The summed E-state index contributed by atoms with van der Waals surface area (Å²) in [6.07, 6.45) is 1.72. The van der Waals surface area contributed by atoms with Gasteiger partial charge in [-0.15, -0.1) is 0 Å². The van der Waals surface area contributed by atoms with Crippen molar-refractivity contribution in [3.8, 4) is 11.5 Å². The normalized spacial score (nSPS) is 10.3. The molecule has 2 amide bonds. The number of benzene rings is 2. The lowest BCUT2D eigenvalue weighted by Gasteiger charge is -2.18. The maximum atomic E-state index is 12.8. The van der Waals surface area contributed by atoms with E-state index in [1.54, 1.807) is 49.5 Å². The van der Waals surface area contributed by atoms with E-state index in [1.165, 1.54) is 4.90 Å². The molecule has 0 radical (unpaired) electrons. The summed E-state index contributed by atoms with van der Waals surface area (Å²) >= 11 is 5.84. The third-order valence-corrected chi connectivity index (χ3v) is 4.22. The largest absolute Gasteiger partial charge is 0.490 e. The van der Waals surface area contributed by atoms with Crippen molar-refractivity contribution >= 4 is 29.1 Å². The van der Waals surface area contributed by atoms with Crippen LogP contribution < -0.4 is 14.8 Å². The second kappa shape index (κ2) is 11.3. The Bertz CT molecular complexity index is 824. The summed E-state index contributed by atoms with van der Waals surface area (Å²) in [4.78, 5) is 26.4. The average Bonchev–Trinajstić information content (AvgIpc) is 2.72. The van der Waals surface area contributed by atoms with Crippen LogP contribution in [-0.2, 0) is 4.79 Å². The Hall–Kier alpha value is -2.73. The zero-order chi connectivity index (χ0) is 21.2. The number of nitrogens with one attached hydrogen (secondary N) is 1. The van der Waals surface area contributed by atoms with E-state index >= 15 is 0 Å². The molecule has 7 heteroatoms. The summed E-state index contributed by atoms with van der Waals surface area (Å²) in [5, 5.41) is 3.33. The molecule has 0 aromatic heterocycles. The minimum Gasteiger partial charge on any atom is -0.490 e. The Morgan fingerprint density at radius 2 is 1.59 bits per heavy atom. The van der Waals surface area contributed by atoms with Gasteiger partial charge in [-0.2, -0.15) is 0 Å². The second-order valence-electron chi connectivity index (χ2n) is 6.57. The average molecular weight is 419 g/mol. The highest BCUT2D eigenvalue weighted by Crippen LogP contribution is 2.29. The molecule has 0 saturated heterocycles. The number of ether oxygens (including phenoxy) is 2. The smallest absolute Gasteiger partial charge is 0.254 e. The van der Waals surface area contributed by atoms with Crippen molar-refractivity contribution < 1.29 is 19.1 Å². The minimum absolute atomic E-state index is 0.0826. The van der Waals surface area contributed by atoms with Gasteiger partial charge in [0.25, 0.3) is 5.91 Å². The number of carbonyl (C=O) groups excluding carboxylic acids is 2. The molecule has 2 aromatic rings. The van der Waals surface area contributed by atoms with Crippen LogP contribution in [0.2, 0.25) is 5.02 Å². The summed E-state index contributed by atoms with van der Waals surface area (Å²) in [7, 11) is 1.58. The lowest BCUT2D eigenvalue weighted by atomic mass is 10.1. The number of anilines is 1. The first kappa shape index (κ1) is 22.6. The van der Waals surface area contributed by atoms with E-state index in [-0.39, 0.29) is 18.4 Å². The van der Waals surface area contributed by atoms with Crippen molar-refractivity contribution in [2.75, 3.05) is 32.1 Å². The summed E-state index contributed by atoms with van der Waals surface area (Å²) in [6, 6.07) is 11.9. The van der Waals surface area contributed by atoms with E-state index in [9.17, 15) is 9.59 Å². The van der Waals surface area contributed by atoms with Crippen LogP contribution in [0.5, 0.6) is 11.5 Å². The third kappa shape index (κ3) is 6.98. The Balaban J connectivity index is 2.04. The highest BCUT2D eigenvalue weighted by molar-refractivity contribution is 6.30. The standard InChI is InChI=1S/C22H27ClN2O4/c1-4-12-28-19-11-6-16(14-20(19)29-13-5-2)22(27)25(3)15-21(26)24-18-9-7-17(23)8-10-18/h6-11,14H,4-5,12-13,15H2,1-3H3,(H,24,26). The van der Waals surface area contributed by atoms with E-state index in [0.29, 0.717) is 41.0 Å². The first-order chi connectivity index (χ1) is 13.9. The molecule has 0 unspecified atom stereocenters. The van der Waals surface area contributed by atoms with Crippen molar-refractivity contribution in [3.05, 3.63) is 53.1 Å². The molecule has 0 heterocycles. The number of rotatable bonds is 10. The predicted molar refractivity (Wildman–Crippen MR) is 115 cm³/mol. The predicted octanol–water partition coefficient (Wildman–Crippen LogP) is 4.63. The zero-order valence-electron chi connectivity index (χ0n) is 17.0. The molecule has 0 spiro atoms. The summed E-state index contributed by atoms with van der Waals surface area (Å²) in [6.45, 7) is 5.05. The number of likely N-dealkylation sites (N-methyl/N-ethyl adjacent to an activating group) is 1. The van der Waals surface area contributed by atoms with E-state index in [1.807, 2.05) is 13.8 Å². The number of nitrogens with zero attached hydrogens (tertiary/aromatic N) is 1. The van der Waals surface area contributed by atoms with Gasteiger partial charge in [0, 0.05) is 23.3 Å². The van der Waals surface area contributed by atoms with Crippen LogP contribution >= 0.6 is 11.6 Å². The van der Waals surface area contributed by atoms with E-state index in [2.05, 4.69) is 5.32 Å². The van der Waals surface area contributed by atoms with Crippen molar-refractivity contribution in [1.82, 2.24) is 4.90 Å². The number of carbonyl (C=O) groups is 2. The van der Waals surface area contributed by atoms with Gasteiger partial charge in [0.1, 0.15) is 0 Å². The Kier molecular flexibility index (Phi) is 8.80. The van der Waals surface area contributed by atoms with Crippen LogP contribution in [0.1, 0.15) is 37.0 Å². The summed E-state index contributed by atoms with van der Waals surface area (Å²) in [5.41, 5.74) is 1.05. The molecule has 2 aromatic carbocycles. The fourth-order valence-electron chi connectivity index (χ4n) is 2.54. The van der Waals surface area contributed by atoms with Gasteiger partial charge in [0.15, 0.2) is 11.5 Å². The van der Waals surface area contributed by atoms with E-state index < -0.39 is 0 Å². The van der Waals surface area contributed by atoms with Crippen molar-refractivity contribution in [2.45, 2.75) is 26.7 Å². The molecule has 29 heavy (non-hydrogen) atoms. The topological polar surface area (TPSA) is 67.9 Å². The van der Waals surface area contributed by atoms with Crippen LogP contribution in [0.3, 0.4) is 0 Å². The Morgan fingerprint density at radius 3 is 2.21 bits per heavy atom. The van der Waals surface area contributed by atoms with Gasteiger partial charge in [-0.25, -0.2) is 0 Å². The quantitative estimate of drug-likeness (QED) is 0.610. The highest BCUT2D eigenvalue weighted by Gasteiger charge is 2.17. The minimum atomic E-state index is -0.298. The molecule has 0 aliphatic rings. The van der Waals surface area contributed by atoms with Gasteiger partial charge >= 0.3 is 0 Å². The van der Waals surface area contributed by atoms with Gasteiger partial charge in [-0.3, -0.25) is 9.59 Å². The first-order valence-corrected chi connectivity index (χ1v) is 10.0. The molecule has 2 rings (SSSR count). The van der Waals surface area contributed by atoms with Crippen molar-refractivity contribution in [2.24, 2.45) is 0 Å². The van der Waals surface area contributed by atoms with Crippen LogP contribution in [-0.4, -0.2) is 43.5 Å². The fraction of sp³-hybridized carbons (Fsp3) is 0.364. The molecular weight excluding hydrogens is 392 g/mol. The van der Waals surface area contributed by atoms with Crippen LogP contribution in [0.15, 0.2) is 42.5 Å². The summed E-state index contributed by atoms with van der Waals surface area (Å²) < 4.78 is 11.4. The number of halogens is 1. The van der Waals surface area contributed by atoms with Crippen LogP contribution in [0.25, 0.3) is 0 Å². The molecule has 0 atom stereocenters. The molecule has 1 N–H and O–H groups in total. The van der Waals surface area contributed by atoms with Crippen molar-refractivity contribution in [1.29, 1.82) is 0 Å². The van der Waals surface area contributed by atoms with Crippen LogP contribution in [0, 0.1) is 0 Å². The molecular formula is C22H27ClN2O4. The fourth-order valence-corrected chi connectivity index (χ4v) is 2.66. The van der Waals surface area contributed by atoms with E-state index in [0.717, 1.165) is 12.8 Å². The van der Waals surface area contributed by atoms with Gasteiger partial charge in [0.2, 0.25) is 5.91 Å². The maximum absolute atomic E-state index is 12.8. The molecule has 0 aliphatic carbocycles. The van der Waals surface area contributed by atoms with Gasteiger partial charge in [0.05, 0.1) is 19.8 Å². The lowest BCUT2D eigenvalue weighted by Crippen LogP contribution is -2.34. The molecule has 0 fully saturated rings. The molecule has 6 nitrogen and oxygen atoms in total. The van der Waals surface area contributed by atoms with Gasteiger partial charge < -0.3 is 19.7 Å². The van der Waals surface area contributed by atoms with Gasteiger partial charge in [-0.05, 0) is 55.3 Å². The molecule has 0 aliphatic heterocycles. The molecule has 156 valence electrons. The molecule has 0 bridgehead atoms. The molecule has 0 saturated carbocycles. The van der Waals surface area contributed by atoms with Crippen molar-refractivity contribution in [3.63, 3.8) is 0 Å². The Morgan fingerprint density at radius 1 is 0.966 bits per heavy atom. The number of hydrogen-bond donors (Lipinski definition) is 1.